The summed E-state index contributed by atoms with van der Waals surface area (Å²) in [5.41, 5.74) is 2.89. The van der Waals surface area contributed by atoms with Crippen molar-refractivity contribution in [1.29, 1.82) is 0 Å². The summed E-state index contributed by atoms with van der Waals surface area (Å²) in [6, 6.07) is 17.6. The molecule has 2 atom stereocenters. The molecule has 0 aliphatic heterocycles. The van der Waals surface area contributed by atoms with Gasteiger partial charge in [-0.25, -0.2) is 4.79 Å². The highest BCUT2D eigenvalue weighted by atomic mass is 16.4. The van der Waals surface area contributed by atoms with E-state index in [0.717, 1.165) is 17.7 Å². The van der Waals surface area contributed by atoms with Crippen LogP contribution in [-0.2, 0) is 0 Å². The van der Waals surface area contributed by atoms with Crippen LogP contribution >= 0.6 is 0 Å². The van der Waals surface area contributed by atoms with Gasteiger partial charge in [0.05, 0.1) is 0 Å². The lowest BCUT2D eigenvalue weighted by Gasteiger charge is -2.08. The molecule has 2 amide bonds. The monoisotopic (exact) mass is 348 g/mol. The fourth-order valence-corrected chi connectivity index (χ4v) is 3.09. The molecule has 26 heavy (non-hydrogen) atoms. The van der Waals surface area contributed by atoms with Crippen LogP contribution in [0.25, 0.3) is 11.5 Å². The first-order valence-electron chi connectivity index (χ1n) is 8.69. The zero-order valence-electron chi connectivity index (χ0n) is 14.5. The standard InChI is InChI=1S/C20H20N4O2/c1-13-23-24-19(26-13)15-7-9-17(10-8-15)22-20(25)21-12-16-11-18(16)14-5-3-2-4-6-14/h2-10,16,18H,11-12H2,1H3,(H2,21,22,25). The van der Waals surface area contributed by atoms with E-state index >= 15 is 0 Å². The van der Waals surface area contributed by atoms with E-state index in [2.05, 4.69) is 45.1 Å². The third kappa shape index (κ3) is 3.74. The lowest BCUT2D eigenvalue weighted by molar-refractivity contribution is 0.251. The number of urea groups is 1. The molecular weight excluding hydrogens is 328 g/mol. The van der Waals surface area contributed by atoms with Gasteiger partial charge < -0.3 is 15.1 Å². The van der Waals surface area contributed by atoms with Gasteiger partial charge in [-0.15, -0.1) is 10.2 Å². The van der Waals surface area contributed by atoms with Crippen molar-refractivity contribution in [3.8, 4) is 11.5 Å². The van der Waals surface area contributed by atoms with Crippen molar-refractivity contribution >= 4 is 11.7 Å². The number of carbonyl (C=O) groups is 1. The molecule has 1 fully saturated rings. The molecule has 2 unspecified atom stereocenters. The molecule has 0 saturated heterocycles. The van der Waals surface area contributed by atoms with Gasteiger partial charge in [0.2, 0.25) is 11.8 Å². The number of hydrogen-bond acceptors (Lipinski definition) is 4. The van der Waals surface area contributed by atoms with Crippen molar-refractivity contribution in [3.63, 3.8) is 0 Å². The number of aromatic nitrogens is 2. The number of amides is 2. The molecule has 1 aromatic heterocycles. The summed E-state index contributed by atoms with van der Waals surface area (Å²) in [5, 5.41) is 13.6. The number of hydrogen-bond donors (Lipinski definition) is 2. The molecule has 6 heteroatoms. The first kappa shape index (κ1) is 16.3. The normalized spacial score (nSPS) is 18.3. The highest BCUT2D eigenvalue weighted by Gasteiger charge is 2.37. The van der Waals surface area contributed by atoms with Crippen LogP contribution in [-0.4, -0.2) is 22.8 Å². The molecule has 4 rings (SSSR count). The molecular formula is C20H20N4O2. The molecule has 0 spiro atoms. The van der Waals surface area contributed by atoms with Gasteiger partial charge in [0.1, 0.15) is 0 Å². The molecule has 3 aromatic rings. The van der Waals surface area contributed by atoms with Crippen molar-refractivity contribution in [3.05, 3.63) is 66.1 Å². The summed E-state index contributed by atoms with van der Waals surface area (Å²) >= 11 is 0. The molecule has 1 saturated carbocycles. The van der Waals surface area contributed by atoms with Crippen molar-refractivity contribution in [2.75, 3.05) is 11.9 Å². The average Bonchev–Trinajstić information content (AvgIpc) is 3.33. The highest BCUT2D eigenvalue weighted by molar-refractivity contribution is 5.89. The lowest BCUT2D eigenvalue weighted by Crippen LogP contribution is -2.30. The van der Waals surface area contributed by atoms with Gasteiger partial charge in [-0.3, -0.25) is 0 Å². The van der Waals surface area contributed by atoms with E-state index in [1.54, 1.807) is 6.92 Å². The van der Waals surface area contributed by atoms with E-state index in [9.17, 15) is 4.79 Å². The molecule has 6 nitrogen and oxygen atoms in total. The Balaban J connectivity index is 1.26. The number of benzene rings is 2. The first-order valence-corrected chi connectivity index (χ1v) is 8.69. The molecule has 0 bridgehead atoms. The molecule has 132 valence electrons. The van der Waals surface area contributed by atoms with E-state index in [1.807, 2.05) is 30.3 Å². The smallest absolute Gasteiger partial charge is 0.319 e. The second-order valence-electron chi connectivity index (χ2n) is 6.55. The molecule has 1 aliphatic rings. The van der Waals surface area contributed by atoms with Crippen molar-refractivity contribution in [2.24, 2.45) is 5.92 Å². The Morgan fingerprint density at radius 1 is 1.12 bits per heavy atom. The molecule has 2 N–H and O–H groups in total. The van der Waals surface area contributed by atoms with Crippen LogP contribution in [0.3, 0.4) is 0 Å². The van der Waals surface area contributed by atoms with Crippen LogP contribution in [0.1, 0.15) is 23.8 Å². The number of carbonyl (C=O) groups excluding carboxylic acids is 1. The van der Waals surface area contributed by atoms with Gasteiger partial charge in [0.25, 0.3) is 0 Å². The Bertz CT molecular complexity index is 890. The maximum atomic E-state index is 12.1. The summed E-state index contributed by atoms with van der Waals surface area (Å²) in [5.74, 6) is 2.08. The second kappa shape index (κ2) is 7.00. The maximum Gasteiger partial charge on any atom is 0.319 e. The van der Waals surface area contributed by atoms with Gasteiger partial charge in [-0.05, 0) is 48.1 Å². The predicted molar refractivity (Wildman–Crippen MR) is 98.8 cm³/mol. The molecule has 1 aliphatic carbocycles. The van der Waals surface area contributed by atoms with E-state index in [1.165, 1.54) is 5.56 Å². The minimum Gasteiger partial charge on any atom is -0.421 e. The third-order valence-corrected chi connectivity index (χ3v) is 4.59. The number of anilines is 1. The SMILES string of the molecule is Cc1nnc(-c2ccc(NC(=O)NCC3CC3c3ccccc3)cc2)o1. The van der Waals surface area contributed by atoms with E-state index in [-0.39, 0.29) is 6.03 Å². The summed E-state index contributed by atoms with van der Waals surface area (Å²) < 4.78 is 5.39. The third-order valence-electron chi connectivity index (χ3n) is 4.59. The zero-order valence-corrected chi connectivity index (χ0v) is 14.5. The van der Waals surface area contributed by atoms with Crippen LogP contribution in [0.5, 0.6) is 0 Å². The van der Waals surface area contributed by atoms with Crippen molar-refractivity contribution in [2.45, 2.75) is 19.3 Å². The molecule has 1 heterocycles. The molecule has 2 aromatic carbocycles. The minimum absolute atomic E-state index is 0.190. The highest BCUT2D eigenvalue weighted by Crippen LogP contribution is 2.46. The lowest BCUT2D eigenvalue weighted by atomic mass is 10.1. The van der Waals surface area contributed by atoms with E-state index in [4.69, 9.17) is 4.42 Å². The van der Waals surface area contributed by atoms with Crippen molar-refractivity contribution < 1.29 is 9.21 Å². The topological polar surface area (TPSA) is 80.0 Å². The van der Waals surface area contributed by atoms with Crippen LogP contribution in [0.2, 0.25) is 0 Å². The van der Waals surface area contributed by atoms with Gasteiger partial charge in [0.15, 0.2) is 0 Å². The molecule has 0 radical (unpaired) electrons. The van der Waals surface area contributed by atoms with Crippen LogP contribution in [0, 0.1) is 12.8 Å². The van der Waals surface area contributed by atoms with Gasteiger partial charge >= 0.3 is 6.03 Å². The summed E-state index contributed by atoms with van der Waals surface area (Å²) in [6.07, 6.45) is 1.13. The Hall–Kier alpha value is -3.15. The Morgan fingerprint density at radius 2 is 1.88 bits per heavy atom. The van der Waals surface area contributed by atoms with Gasteiger partial charge in [-0.1, -0.05) is 30.3 Å². The number of rotatable bonds is 5. The van der Waals surface area contributed by atoms with E-state index in [0.29, 0.717) is 30.2 Å². The Kier molecular flexibility index (Phi) is 4.39. The van der Waals surface area contributed by atoms with E-state index < -0.39 is 0 Å². The largest absolute Gasteiger partial charge is 0.421 e. The fourth-order valence-electron chi connectivity index (χ4n) is 3.09. The Labute approximate surface area is 151 Å². The quantitative estimate of drug-likeness (QED) is 0.731. The summed E-state index contributed by atoms with van der Waals surface area (Å²) in [7, 11) is 0. The van der Waals surface area contributed by atoms with Gasteiger partial charge in [0, 0.05) is 24.7 Å². The van der Waals surface area contributed by atoms with Gasteiger partial charge in [-0.2, -0.15) is 0 Å². The number of nitrogens with zero attached hydrogens (tertiary/aromatic N) is 2. The zero-order chi connectivity index (χ0) is 17.9. The van der Waals surface area contributed by atoms with Crippen LogP contribution < -0.4 is 10.6 Å². The predicted octanol–water partition coefficient (Wildman–Crippen LogP) is 3.97. The summed E-state index contributed by atoms with van der Waals surface area (Å²) in [6.45, 7) is 2.43. The second-order valence-corrected chi connectivity index (χ2v) is 6.55. The van der Waals surface area contributed by atoms with Crippen LogP contribution in [0.4, 0.5) is 10.5 Å². The Morgan fingerprint density at radius 3 is 2.58 bits per heavy atom. The van der Waals surface area contributed by atoms with Crippen molar-refractivity contribution in [1.82, 2.24) is 15.5 Å². The number of nitrogens with one attached hydrogen (secondary N) is 2. The van der Waals surface area contributed by atoms with Crippen LogP contribution in [0.15, 0.2) is 59.0 Å². The maximum absolute atomic E-state index is 12.1. The number of aryl methyl sites for hydroxylation is 1. The minimum atomic E-state index is -0.190. The average molecular weight is 348 g/mol. The summed E-state index contributed by atoms with van der Waals surface area (Å²) in [4.78, 5) is 12.1. The fraction of sp³-hybridized carbons (Fsp3) is 0.250. The first-order chi connectivity index (χ1) is 12.7.